The molecular formula is C16H22N2O2. The number of hydrogen-bond donors (Lipinski definition) is 1. The molecule has 1 fully saturated rings. The zero-order valence-corrected chi connectivity index (χ0v) is 12.1. The summed E-state index contributed by atoms with van der Waals surface area (Å²) in [4.78, 5) is 25.9. The number of nitrogens with two attached hydrogens (primary N) is 1. The SMILES string of the molecule is CC(C)C(=O)N1CCC(C(N)=O)(c2ccccc2)CC1. The Hall–Kier alpha value is -1.84. The molecule has 1 aliphatic rings. The highest BCUT2D eigenvalue weighted by atomic mass is 16.2. The van der Waals surface area contributed by atoms with Crippen LogP contribution in [-0.2, 0) is 15.0 Å². The van der Waals surface area contributed by atoms with Crippen molar-refractivity contribution < 1.29 is 9.59 Å². The van der Waals surface area contributed by atoms with Crippen LogP contribution in [0.3, 0.4) is 0 Å². The molecule has 0 bridgehead atoms. The van der Waals surface area contributed by atoms with Crippen molar-refractivity contribution in [3.8, 4) is 0 Å². The van der Waals surface area contributed by atoms with Gasteiger partial charge in [0.1, 0.15) is 0 Å². The molecule has 1 aromatic carbocycles. The zero-order chi connectivity index (χ0) is 14.8. The van der Waals surface area contributed by atoms with Gasteiger partial charge in [0.15, 0.2) is 0 Å². The molecule has 0 radical (unpaired) electrons. The summed E-state index contributed by atoms with van der Waals surface area (Å²) in [5, 5.41) is 0. The second-order valence-corrected chi connectivity index (χ2v) is 5.79. The van der Waals surface area contributed by atoms with E-state index in [1.807, 2.05) is 49.1 Å². The number of primary amides is 1. The molecule has 1 aliphatic heterocycles. The van der Waals surface area contributed by atoms with Crippen LogP contribution in [0.15, 0.2) is 30.3 Å². The summed E-state index contributed by atoms with van der Waals surface area (Å²) in [5.41, 5.74) is 6.01. The van der Waals surface area contributed by atoms with Crippen LogP contribution < -0.4 is 5.73 Å². The topological polar surface area (TPSA) is 63.4 Å². The summed E-state index contributed by atoms with van der Waals surface area (Å²) in [7, 11) is 0. The molecule has 1 saturated heterocycles. The van der Waals surface area contributed by atoms with Crippen molar-refractivity contribution in [1.29, 1.82) is 0 Å². The van der Waals surface area contributed by atoms with Gasteiger partial charge in [0.2, 0.25) is 11.8 Å². The molecule has 2 rings (SSSR count). The van der Waals surface area contributed by atoms with E-state index in [0.717, 1.165) is 5.56 Å². The average molecular weight is 274 g/mol. The number of nitrogens with zero attached hydrogens (tertiary/aromatic N) is 1. The summed E-state index contributed by atoms with van der Waals surface area (Å²) in [6.45, 7) is 4.98. The van der Waals surface area contributed by atoms with Gasteiger partial charge in [-0.05, 0) is 18.4 Å². The quantitative estimate of drug-likeness (QED) is 0.911. The number of carbonyl (C=O) groups is 2. The maximum atomic E-state index is 12.0. The van der Waals surface area contributed by atoms with Crippen LogP contribution in [0.5, 0.6) is 0 Å². The number of likely N-dealkylation sites (tertiary alicyclic amines) is 1. The third-order valence-electron chi connectivity index (χ3n) is 4.22. The maximum Gasteiger partial charge on any atom is 0.228 e. The average Bonchev–Trinajstić information content (AvgIpc) is 2.47. The third kappa shape index (κ3) is 2.55. The lowest BCUT2D eigenvalue weighted by Gasteiger charge is -2.40. The van der Waals surface area contributed by atoms with E-state index in [2.05, 4.69) is 0 Å². The van der Waals surface area contributed by atoms with Crippen molar-refractivity contribution in [3.63, 3.8) is 0 Å². The van der Waals surface area contributed by atoms with Crippen LogP contribution in [0.1, 0.15) is 32.3 Å². The lowest BCUT2D eigenvalue weighted by atomic mass is 9.72. The van der Waals surface area contributed by atoms with E-state index >= 15 is 0 Å². The molecule has 108 valence electrons. The van der Waals surface area contributed by atoms with Gasteiger partial charge in [0.25, 0.3) is 0 Å². The van der Waals surface area contributed by atoms with Crippen LogP contribution in [0.4, 0.5) is 0 Å². The van der Waals surface area contributed by atoms with E-state index in [9.17, 15) is 9.59 Å². The van der Waals surface area contributed by atoms with Gasteiger partial charge in [-0.25, -0.2) is 0 Å². The van der Waals surface area contributed by atoms with Crippen LogP contribution in [0, 0.1) is 5.92 Å². The Morgan fingerprint density at radius 3 is 2.15 bits per heavy atom. The minimum absolute atomic E-state index is 0.00666. The molecule has 0 saturated carbocycles. The molecule has 4 nitrogen and oxygen atoms in total. The summed E-state index contributed by atoms with van der Waals surface area (Å²) in [5.74, 6) is -0.149. The number of rotatable bonds is 3. The molecule has 20 heavy (non-hydrogen) atoms. The van der Waals surface area contributed by atoms with Gasteiger partial charge in [-0.1, -0.05) is 44.2 Å². The first-order chi connectivity index (χ1) is 9.47. The van der Waals surface area contributed by atoms with Crippen LogP contribution in [0.2, 0.25) is 0 Å². The Labute approximate surface area is 119 Å². The first-order valence-electron chi connectivity index (χ1n) is 7.11. The Kier molecular flexibility index (Phi) is 4.12. The van der Waals surface area contributed by atoms with Crippen LogP contribution in [0.25, 0.3) is 0 Å². The first-order valence-corrected chi connectivity index (χ1v) is 7.11. The van der Waals surface area contributed by atoms with Crippen molar-refractivity contribution in [2.75, 3.05) is 13.1 Å². The van der Waals surface area contributed by atoms with Gasteiger partial charge in [-0.2, -0.15) is 0 Å². The lowest BCUT2D eigenvalue weighted by molar-refractivity contribution is -0.138. The molecule has 2 amide bonds. The second-order valence-electron chi connectivity index (χ2n) is 5.79. The van der Waals surface area contributed by atoms with Crippen molar-refractivity contribution >= 4 is 11.8 Å². The fraction of sp³-hybridized carbons (Fsp3) is 0.500. The minimum Gasteiger partial charge on any atom is -0.369 e. The van der Waals surface area contributed by atoms with Gasteiger partial charge in [-0.3, -0.25) is 9.59 Å². The van der Waals surface area contributed by atoms with E-state index in [0.29, 0.717) is 25.9 Å². The predicted octanol–water partition coefficient (Wildman–Crippen LogP) is 1.69. The summed E-state index contributed by atoms with van der Waals surface area (Å²) in [6.07, 6.45) is 1.20. The van der Waals surface area contributed by atoms with E-state index < -0.39 is 5.41 Å². The standard InChI is InChI=1S/C16H22N2O2/c1-12(2)14(19)18-10-8-16(9-11-18,15(17)20)13-6-4-3-5-7-13/h3-7,12H,8-11H2,1-2H3,(H2,17,20). The number of benzene rings is 1. The summed E-state index contributed by atoms with van der Waals surface area (Å²) >= 11 is 0. The van der Waals surface area contributed by atoms with Crippen molar-refractivity contribution in [2.45, 2.75) is 32.1 Å². The smallest absolute Gasteiger partial charge is 0.228 e. The number of amides is 2. The van der Waals surface area contributed by atoms with Gasteiger partial charge in [0, 0.05) is 19.0 Å². The van der Waals surface area contributed by atoms with E-state index in [1.165, 1.54) is 0 Å². The fourth-order valence-corrected chi connectivity index (χ4v) is 2.91. The predicted molar refractivity (Wildman–Crippen MR) is 78.0 cm³/mol. The van der Waals surface area contributed by atoms with Gasteiger partial charge in [-0.15, -0.1) is 0 Å². The molecule has 0 aromatic heterocycles. The summed E-state index contributed by atoms with van der Waals surface area (Å²) < 4.78 is 0. The maximum absolute atomic E-state index is 12.0. The number of hydrogen-bond acceptors (Lipinski definition) is 2. The normalized spacial score (nSPS) is 18.1. The van der Waals surface area contributed by atoms with Gasteiger partial charge >= 0.3 is 0 Å². The number of carbonyl (C=O) groups excluding carboxylic acids is 2. The van der Waals surface area contributed by atoms with E-state index in [4.69, 9.17) is 5.73 Å². The largest absolute Gasteiger partial charge is 0.369 e. The van der Waals surface area contributed by atoms with E-state index in [1.54, 1.807) is 0 Å². The zero-order valence-electron chi connectivity index (χ0n) is 12.1. The Bertz CT molecular complexity index is 488. The Morgan fingerprint density at radius 1 is 1.15 bits per heavy atom. The van der Waals surface area contributed by atoms with Crippen molar-refractivity contribution in [2.24, 2.45) is 11.7 Å². The molecule has 0 unspecified atom stereocenters. The molecule has 0 atom stereocenters. The highest BCUT2D eigenvalue weighted by Gasteiger charge is 2.42. The molecule has 1 heterocycles. The molecule has 4 heteroatoms. The van der Waals surface area contributed by atoms with Crippen molar-refractivity contribution in [1.82, 2.24) is 4.90 Å². The molecule has 0 spiro atoms. The lowest BCUT2D eigenvalue weighted by Crippen LogP contribution is -2.52. The minimum atomic E-state index is -0.630. The van der Waals surface area contributed by atoms with Gasteiger partial charge in [0.05, 0.1) is 5.41 Å². The fourth-order valence-electron chi connectivity index (χ4n) is 2.91. The first kappa shape index (κ1) is 14.6. The van der Waals surface area contributed by atoms with E-state index in [-0.39, 0.29) is 17.7 Å². The molecule has 0 aliphatic carbocycles. The molecular weight excluding hydrogens is 252 g/mol. The monoisotopic (exact) mass is 274 g/mol. The van der Waals surface area contributed by atoms with Crippen molar-refractivity contribution in [3.05, 3.63) is 35.9 Å². The molecule has 2 N–H and O–H groups in total. The van der Waals surface area contributed by atoms with Crippen LogP contribution in [-0.4, -0.2) is 29.8 Å². The second kappa shape index (κ2) is 5.65. The number of piperidine rings is 1. The summed E-state index contributed by atoms with van der Waals surface area (Å²) in [6, 6.07) is 9.67. The van der Waals surface area contributed by atoms with Crippen LogP contribution >= 0.6 is 0 Å². The van der Waals surface area contributed by atoms with Gasteiger partial charge < -0.3 is 10.6 Å². The molecule has 1 aromatic rings. The highest BCUT2D eigenvalue weighted by Crippen LogP contribution is 2.35. The highest BCUT2D eigenvalue weighted by molar-refractivity contribution is 5.87. The third-order valence-corrected chi connectivity index (χ3v) is 4.22. The Balaban J connectivity index is 2.20. The Morgan fingerprint density at radius 2 is 1.70 bits per heavy atom.